The number of nitrogens with zero attached hydrogens (tertiary/aromatic N) is 3. The van der Waals surface area contributed by atoms with Crippen LogP contribution in [0.2, 0.25) is 0 Å². The number of pyridine rings is 2. The monoisotopic (exact) mass is 707 g/mol. The van der Waals surface area contributed by atoms with E-state index in [1.54, 1.807) is 6.07 Å². The maximum Gasteiger partial charge on any atom is 0.220 e. The Morgan fingerprint density at radius 1 is 0.900 bits per heavy atom. The molecule has 1 fully saturated rings. The number of benzene rings is 3. The predicted molar refractivity (Wildman–Crippen MR) is 156 cm³/mol. The first-order chi connectivity index (χ1) is 18.9. The average Bonchev–Trinajstić information content (AvgIpc) is 3.55. The first kappa shape index (κ1) is 26.5. The van der Waals surface area contributed by atoms with Crippen molar-refractivity contribution < 1.29 is 30.9 Å². The zero-order valence-electron chi connectivity index (χ0n) is 22.8. The summed E-state index contributed by atoms with van der Waals surface area (Å²) >= 11 is 0. The third-order valence-electron chi connectivity index (χ3n) is 8.00. The summed E-state index contributed by atoms with van der Waals surface area (Å²) in [4.78, 5) is 9.55. The van der Waals surface area contributed by atoms with Crippen LogP contribution in [-0.2, 0) is 21.1 Å². The largest absolute Gasteiger partial charge is 0.506 e. The molecule has 0 radical (unpaired) electrons. The second kappa shape index (κ2) is 10.4. The van der Waals surface area contributed by atoms with Crippen LogP contribution in [0.5, 0.6) is 17.4 Å². The van der Waals surface area contributed by atoms with E-state index in [2.05, 4.69) is 45.9 Å². The number of ether oxygens (including phenoxy) is 1. The van der Waals surface area contributed by atoms with Crippen LogP contribution in [0.15, 0.2) is 66.7 Å². The number of aromatic hydroxyl groups is 1. The van der Waals surface area contributed by atoms with Crippen LogP contribution in [-0.4, -0.2) is 19.6 Å². The Morgan fingerprint density at radius 3 is 2.50 bits per heavy atom. The molecule has 6 aromatic rings. The zero-order valence-corrected chi connectivity index (χ0v) is 25.0. The van der Waals surface area contributed by atoms with Crippen molar-refractivity contribution in [2.75, 3.05) is 0 Å². The van der Waals surface area contributed by atoms with Crippen LogP contribution in [0, 0.1) is 26.8 Å². The first-order valence-corrected chi connectivity index (χ1v) is 13.7. The van der Waals surface area contributed by atoms with Gasteiger partial charge in [0.25, 0.3) is 0 Å². The Balaban J connectivity index is 0.00000289. The molecule has 1 aliphatic carbocycles. The van der Waals surface area contributed by atoms with Gasteiger partial charge in [0.1, 0.15) is 17.1 Å². The molecule has 204 valence electrons. The number of phenolic OH excluding ortho intramolecular Hbond substituents is 1. The van der Waals surface area contributed by atoms with Crippen LogP contribution in [0.25, 0.3) is 38.5 Å². The van der Waals surface area contributed by atoms with Crippen molar-refractivity contribution in [1.29, 1.82) is 0 Å². The van der Waals surface area contributed by atoms with Gasteiger partial charge in [-0.1, -0.05) is 36.6 Å². The molecule has 6 heteroatoms. The van der Waals surface area contributed by atoms with E-state index in [9.17, 15) is 5.11 Å². The van der Waals surface area contributed by atoms with Gasteiger partial charge in [-0.3, -0.25) is 0 Å². The second-order valence-corrected chi connectivity index (χ2v) is 10.9. The minimum atomic E-state index is 0. The number of hydrogen-bond acceptors (Lipinski definition) is 4. The molecule has 0 aliphatic heterocycles. The van der Waals surface area contributed by atoms with Gasteiger partial charge >= 0.3 is 0 Å². The number of hydrogen-bond donors (Lipinski definition) is 1. The molecule has 1 saturated carbocycles. The Labute approximate surface area is 248 Å². The molecule has 0 unspecified atom stereocenters. The Bertz CT molecular complexity index is 1900. The van der Waals surface area contributed by atoms with Crippen LogP contribution in [0.1, 0.15) is 54.0 Å². The minimum Gasteiger partial charge on any atom is -0.506 e. The van der Waals surface area contributed by atoms with E-state index in [-0.39, 0.29) is 26.8 Å². The zero-order chi connectivity index (χ0) is 26.7. The third kappa shape index (κ3) is 4.57. The minimum absolute atomic E-state index is 0. The molecule has 3 aromatic carbocycles. The fraction of sp³-hybridized carbons (Fsp3) is 0.235. The molecule has 0 bridgehead atoms. The molecule has 0 spiro atoms. The molecule has 3 heterocycles. The molecule has 0 saturated heterocycles. The van der Waals surface area contributed by atoms with Crippen molar-refractivity contribution in [3.05, 3.63) is 95.2 Å². The standard InChI is InChI=1S/C34H30N3O2.Pt/c1-20-15-25-17-21(2)34(36-33(25)31(38)16-20)39-26-12-14-28-27-13-11-24(23-8-4-5-9-23)18-29(27)37(30(28)19-26)32-10-6-7-22(3)35-32;/h6-7,10-18,23,38H,4-5,8-9H2,1-3H3;/q-1;. The molecule has 40 heavy (non-hydrogen) atoms. The average molecular weight is 708 g/mol. The van der Waals surface area contributed by atoms with E-state index in [1.807, 2.05) is 51.1 Å². The van der Waals surface area contributed by atoms with Crippen LogP contribution < -0.4 is 4.74 Å². The molecular weight excluding hydrogens is 677 g/mol. The van der Waals surface area contributed by atoms with Gasteiger partial charge in [0.05, 0.1) is 0 Å². The van der Waals surface area contributed by atoms with Crippen LogP contribution >= 0.6 is 0 Å². The summed E-state index contributed by atoms with van der Waals surface area (Å²) in [6.45, 7) is 5.95. The molecule has 7 rings (SSSR count). The number of rotatable bonds is 4. The van der Waals surface area contributed by atoms with Crippen molar-refractivity contribution in [2.45, 2.75) is 52.4 Å². The molecule has 1 aliphatic rings. The smallest absolute Gasteiger partial charge is 0.220 e. The van der Waals surface area contributed by atoms with Gasteiger partial charge in [-0.2, -0.15) is 6.07 Å². The van der Waals surface area contributed by atoms with Crippen LogP contribution in [0.3, 0.4) is 0 Å². The predicted octanol–water partition coefficient (Wildman–Crippen LogP) is 8.61. The van der Waals surface area contributed by atoms with Gasteiger partial charge in [-0.25, -0.2) is 9.97 Å². The molecular formula is C34H30N3O2Pt-. The Kier molecular flexibility index (Phi) is 6.88. The van der Waals surface area contributed by atoms with E-state index >= 15 is 0 Å². The normalized spacial score (nSPS) is 13.8. The van der Waals surface area contributed by atoms with E-state index in [0.717, 1.165) is 44.4 Å². The second-order valence-electron chi connectivity index (χ2n) is 10.9. The Hall–Kier alpha value is -3.69. The van der Waals surface area contributed by atoms with E-state index < -0.39 is 0 Å². The number of fused-ring (bicyclic) bond motifs is 4. The summed E-state index contributed by atoms with van der Waals surface area (Å²) in [6.07, 6.45) is 5.12. The van der Waals surface area contributed by atoms with Crippen molar-refractivity contribution in [1.82, 2.24) is 14.5 Å². The fourth-order valence-electron chi connectivity index (χ4n) is 6.11. The number of aromatic nitrogens is 3. The van der Waals surface area contributed by atoms with Gasteiger partial charge in [-0.05, 0) is 92.4 Å². The molecule has 5 nitrogen and oxygen atoms in total. The van der Waals surface area contributed by atoms with Gasteiger partial charge in [0.15, 0.2) is 0 Å². The van der Waals surface area contributed by atoms with Crippen molar-refractivity contribution in [2.24, 2.45) is 0 Å². The maximum absolute atomic E-state index is 10.5. The molecule has 1 N–H and O–H groups in total. The SMILES string of the molecule is Cc1cc(O)c2nc(Oc3[c-]c4c(cc3)c3ccc(C5CCCC5)cc3n4-c3cccc(C)n3)c(C)cc2c1.[Pt]. The van der Waals surface area contributed by atoms with Gasteiger partial charge < -0.3 is 14.4 Å². The summed E-state index contributed by atoms with van der Waals surface area (Å²) in [7, 11) is 0. The topological polar surface area (TPSA) is 60.2 Å². The summed E-state index contributed by atoms with van der Waals surface area (Å²) in [5.41, 5.74) is 6.83. The maximum atomic E-state index is 10.5. The van der Waals surface area contributed by atoms with E-state index in [1.165, 1.54) is 36.6 Å². The van der Waals surface area contributed by atoms with Gasteiger partial charge in [0.2, 0.25) is 5.88 Å². The number of phenols is 1. The summed E-state index contributed by atoms with van der Waals surface area (Å²) < 4.78 is 8.52. The van der Waals surface area contributed by atoms with Crippen LogP contribution in [0.4, 0.5) is 0 Å². The third-order valence-corrected chi connectivity index (χ3v) is 8.00. The van der Waals surface area contributed by atoms with Crippen molar-refractivity contribution in [3.63, 3.8) is 0 Å². The fourth-order valence-corrected chi connectivity index (χ4v) is 6.11. The first-order valence-electron chi connectivity index (χ1n) is 13.7. The van der Waals surface area contributed by atoms with Gasteiger partial charge in [0, 0.05) is 49.0 Å². The molecule has 0 atom stereocenters. The summed E-state index contributed by atoms with van der Waals surface area (Å²) in [5, 5.41) is 13.7. The summed E-state index contributed by atoms with van der Waals surface area (Å²) in [6, 6.07) is 26.3. The van der Waals surface area contributed by atoms with Crippen molar-refractivity contribution in [3.8, 4) is 23.2 Å². The number of aryl methyl sites for hydroxylation is 3. The summed E-state index contributed by atoms with van der Waals surface area (Å²) in [5.74, 6) is 2.66. The molecule has 3 aromatic heterocycles. The quantitative estimate of drug-likeness (QED) is 0.187. The van der Waals surface area contributed by atoms with Gasteiger partial charge in [-0.15, -0.1) is 17.5 Å². The van der Waals surface area contributed by atoms with E-state index in [0.29, 0.717) is 23.1 Å². The Morgan fingerprint density at radius 2 is 1.70 bits per heavy atom. The molecule has 0 amide bonds. The van der Waals surface area contributed by atoms with E-state index in [4.69, 9.17) is 9.72 Å². The van der Waals surface area contributed by atoms with Crippen molar-refractivity contribution >= 4 is 32.7 Å².